The molecule has 1 aliphatic rings. The fourth-order valence-corrected chi connectivity index (χ4v) is 2.10. The number of likely N-dealkylation sites (tertiary alicyclic amines) is 1. The molecule has 0 spiro atoms. The zero-order valence-electron chi connectivity index (χ0n) is 8.97. The van der Waals surface area contributed by atoms with Gasteiger partial charge in [0.1, 0.15) is 0 Å². The second kappa shape index (κ2) is 5.24. The molecule has 0 bridgehead atoms. The van der Waals surface area contributed by atoms with Gasteiger partial charge in [-0.3, -0.25) is 4.98 Å². The molecule has 1 aliphatic heterocycles. The van der Waals surface area contributed by atoms with Crippen molar-refractivity contribution in [3.63, 3.8) is 0 Å². The van der Waals surface area contributed by atoms with E-state index in [9.17, 15) is 0 Å². The summed E-state index contributed by atoms with van der Waals surface area (Å²) in [6, 6.07) is 4.10. The van der Waals surface area contributed by atoms with Crippen LogP contribution in [0.4, 0.5) is 0 Å². The molecule has 82 valence electrons. The van der Waals surface area contributed by atoms with E-state index in [1.165, 1.54) is 5.56 Å². The number of aliphatic hydroxyl groups is 1. The van der Waals surface area contributed by atoms with Gasteiger partial charge < -0.3 is 10.0 Å². The van der Waals surface area contributed by atoms with Crippen molar-refractivity contribution < 1.29 is 5.11 Å². The number of aliphatic hydroxyl groups excluding tert-OH is 1. The first kappa shape index (κ1) is 10.6. The van der Waals surface area contributed by atoms with E-state index in [2.05, 4.69) is 16.0 Å². The van der Waals surface area contributed by atoms with Crippen molar-refractivity contribution in [2.24, 2.45) is 5.92 Å². The molecule has 0 amide bonds. The van der Waals surface area contributed by atoms with Crippen LogP contribution < -0.4 is 0 Å². The lowest BCUT2D eigenvalue weighted by Gasteiger charge is -2.14. The average Bonchev–Trinajstić information content (AvgIpc) is 2.76. The van der Waals surface area contributed by atoms with Crippen molar-refractivity contribution in [2.75, 3.05) is 26.2 Å². The second-order valence-corrected chi connectivity index (χ2v) is 4.25. The van der Waals surface area contributed by atoms with Crippen molar-refractivity contribution in [2.45, 2.75) is 12.8 Å². The lowest BCUT2D eigenvalue weighted by Crippen LogP contribution is -2.24. The van der Waals surface area contributed by atoms with Crippen molar-refractivity contribution in [1.29, 1.82) is 0 Å². The van der Waals surface area contributed by atoms with E-state index in [-0.39, 0.29) is 0 Å². The van der Waals surface area contributed by atoms with E-state index < -0.39 is 0 Å². The standard InChI is InChI=1S/C12H18N2O/c15-10-12-4-7-14(9-12)6-3-11-2-1-5-13-8-11/h1-2,5,8,12,15H,3-4,6-7,9-10H2. The summed E-state index contributed by atoms with van der Waals surface area (Å²) in [6.45, 7) is 3.60. The fraction of sp³-hybridized carbons (Fsp3) is 0.583. The largest absolute Gasteiger partial charge is 0.396 e. The molecule has 2 rings (SSSR count). The van der Waals surface area contributed by atoms with Crippen LogP contribution in [-0.4, -0.2) is 41.2 Å². The smallest absolute Gasteiger partial charge is 0.0471 e. The fourth-order valence-electron chi connectivity index (χ4n) is 2.10. The summed E-state index contributed by atoms with van der Waals surface area (Å²) in [5.41, 5.74) is 1.30. The third kappa shape index (κ3) is 3.01. The molecule has 1 unspecified atom stereocenters. The number of nitrogens with zero attached hydrogens (tertiary/aromatic N) is 2. The van der Waals surface area contributed by atoms with E-state index in [1.807, 2.05) is 12.3 Å². The van der Waals surface area contributed by atoms with E-state index in [0.29, 0.717) is 12.5 Å². The number of rotatable bonds is 4. The van der Waals surface area contributed by atoms with Crippen LogP contribution in [0, 0.1) is 5.92 Å². The molecular weight excluding hydrogens is 188 g/mol. The maximum Gasteiger partial charge on any atom is 0.0471 e. The molecular formula is C12H18N2O. The minimum absolute atomic E-state index is 0.337. The Balaban J connectivity index is 1.75. The van der Waals surface area contributed by atoms with Gasteiger partial charge in [-0.15, -0.1) is 0 Å². The number of aromatic nitrogens is 1. The van der Waals surface area contributed by atoms with Crippen LogP contribution in [-0.2, 0) is 6.42 Å². The highest BCUT2D eigenvalue weighted by molar-refractivity contribution is 5.08. The molecule has 0 saturated carbocycles. The highest BCUT2D eigenvalue weighted by atomic mass is 16.3. The molecule has 3 heteroatoms. The van der Waals surface area contributed by atoms with E-state index in [1.54, 1.807) is 6.20 Å². The molecule has 1 atom stereocenters. The van der Waals surface area contributed by atoms with Gasteiger partial charge in [-0.25, -0.2) is 0 Å². The van der Waals surface area contributed by atoms with Crippen molar-refractivity contribution in [1.82, 2.24) is 9.88 Å². The van der Waals surface area contributed by atoms with Gasteiger partial charge in [0.05, 0.1) is 0 Å². The Hall–Kier alpha value is -0.930. The van der Waals surface area contributed by atoms with Crippen molar-refractivity contribution in [3.05, 3.63) is 30.1 Å². The molecule has 0 aromatic carbocycles. The Bertz CT molecular complexity index is 289. The van der Waals surface area contributed by atoms with Gasteiger partial charge in [0.25, 0.3) is 0 Å². The molecule has 0 radical (unpaired) electrons. The van der Waals surface area contributed by atoms with Crippen LogP contribution in [0.25, 0.3) is 0 Å². The number of hydrogen-bond acceptors (Lipinski definition) is 3. The summed E-state index contributed by atoms with van der Waals surface area (Å²) in [4.78, 5) is 6.53. The lowest BCUT2D eigenvalue weighted by atomic mass is 10.1. The van der Waals surface area contributed by atoms with E-state index >= 15 is 0 Å². The summed E-state index contributed by atoms with van der Waals surface area (Å²) < 4.78 is 0. The predicted octanol–water partition coefficient (Wildman–Crippen LogP) is 0.938. The van der Waals surface area contributed by atoms with Gasteiger partial charge in [-0.05, 0) is 36.9 Å². The molecule has 3 nitrogen and oxygen atoms in total. The Morgan fingerprint density at radius 2 is 2.47 bits per heavy atom. The maximum atomic E-state index is 9.03. The topological polar surface area (TPSA) is 36.4 Å². The summed E-state index contributed by atoms with van der Waals surface area (Å²) in [5, 5.41) is 9.03. The van der Waals surface area contributed by atoms with Crippen LogP contribution >= 0.6 is 0 Å². The third-order valence-corrected chi connectivity index (χ3v) is 3.07. The average molecular weight is 206 g/mol. The molecule has 0 aliphatic carbocycles. The summed E-state index contributed by atoms with van der Waals surface area (Å²) >= 11 is 0. The third-order valence-electron chi connectivity index (χ3n) is 3.07. The van der Waals surface area contributed by atoms with Gasteiger partial charge in [0.15, 0.2) is 0 Å². The zero-order valence-corrected chi connectivity index (χ0v) is 8.97. The second-order valence-electron chi connectivity index (χ2n) is 4.25. The first-order valence-corrected chi connectivity index (χ1v) is 5.60. The lowest BCUT2D eigenvalue weighted by molar-refractivity contribution is 0.222. The molecule has 1 saturated heterocycles. The number of pyridine rings is 1. The van der Waals surface area contributed by atoms with Gasteiger partial charge >= 0.3 is 0 Å². The normalized spacial score (nSPS) is 22.1. The number of hydrogen-bond donors (Lipinski definition) is 1. The maximum absolute atomic E-state index is 9.03. The van der Waals surface area contributed by atoms with Crippen LogP contribution in [0.2, 0.25) is 0 Å². The monoisotopic (exact) mass is 206 g/mol. The summed E-state index contributed by atoms with van der Waals surface area (Å²) in [5.74, 6) is 0.499. The molecule has 1 aromatic rings. The van der Waals surface area contributed by atoms with Gasteiger partial charge in [-0.1, -0.05) is 6.07 Å². The highest BCUT2D eigenvalue weighted by Gasteiger charge is 2.20. The van der Waals surface area contributed by atoms with Gasteiger partial charge in [0, 0.05) is 32.1 Å². The minimum Gasteiger partial charge on any atom is -0.396 e. The Labute approximate surface area is 90.8 Å². The van der Waals surface area contributed by atoms with Crippen molar-refractivity contribution >= 4 is 0 Å². The first-order chi connectivity index (χ1) is 7.38. The quantitative estimate of drug-likeness (QED) is 0.796. The van der Waals surface area contributed by atoms with Crippen LogP contribution in [0.5, 0.6) is 0 Å². The van der Waals surface area contributed by atoms with Gasteiger partial charge in [0.2, 0.25) is 0 Å². The Morgan fingerprint density at radius 3 is 3.13 bits per heavy atom. The predicted molar refractivity (Wildman–Crippen MR) is 59.6 cm³/mol. The SMILES string of the molecule is OCC1CCN(CCc2cccnc2)C1. The molecule has 2 heterocycles. The molecule has 15 heavy (non-hydrogen) atoms. The van der Waals surface area contributed by atoms with Crippen molar-refractivity contribution in [3.8, 4) is 0 Å². The Morgan fingerprint density at radius 1 is 1.53 bits per heavy atom. The molecule has 1 fully saturated rings. The minimum atomic E-state index is 0.337. The van der Waals surface area contributed by atoms with Crippen LogP contribution in [0.15, 0.2) is 24.5 Å². The Kier molecular flexibility index (Phi) is 3.69. The summed E-state index contributed by atoms with van der Waals surface area (Å²) in [6.07, 6.45) is 5.94. The van der Waals surface area contributed by atoms with Crippen LogP contribution in [0.3, 0.4) is 0 Å². The molecule has 1 aromatic heterocycles. The molecule has 1 N–H and O–H groups in total. The van der Waals surface area contributed by atoms with E-state index in [0.717, 1.165) is 32.5 Å². The summed E-state index contributed by atoms with van der Waals surface area (Å²) in [7, 11) is 0. The zero-order chi connectivity index (χ0) is 10.5. The van der Waals surface area contributed by atoms with Gasteiger partial charge in [-0.2, -0.15) is 0 Å². The van der Waals surface area contributed by atoms with E-state index in [4.69, 9.17) is 5.11 Å². The van der Waals surface area contributed by atoms with Crippen LogP contribution in [0.1, 0.15) is 12.0 Å². The first-order valence-electron chi connectivity index (χ1n) is 5.60. The highest BCUT2D eigenvalue weighted by Crippen LogP contribution is 2.15.